The highest BCUT2D eigenvalue weighted by atomic mass is 16.2. The van der Waals surface area contributed by atoms with Gasteiger partial charge in [-0.1, -0.05) is 12.1 Å². The van der Waals surface area contributed by atoms with Crippen LogP contribution in [0, 0.1) is 0 Å². The van der Waals surface area contributed by atoms with E-state index in [1.54, 1.807) is 4.90 Å². The Balaban J connectivity index is 1.47. The Morgan fingerprint density at radius 2 is 1.75 bits per heavy atom. The second-order valence-electron chi connectivity index (χ2n) is 9.25. The van der Waals surface area contributed by atoms with E-state index in [0.29, 0.717) is 24.4 Å². The van der Waals surface area contributed by atoms with Gasteiger partial charge < -0.3 is 4.90 Å². The van der Waals surface area contributed by atoms with Gasteiger partial charge in [0.15, 0.2) is 0 Å². The van der Waals surface area contributed by atoms with Gasteiger partial charge in [0.05, 0.1) is 0 Å². The first-order chi connectivity index (χ1) is 13.2. The monoisotopic (exact) mass is 383 g/mol. The van der Waals surface area contributed by atoms with Crippen molar-refractivity contribution in [1.29, 1.82) is 0 Å². The minimum absolute atomic E-state index is 0.0985. The topological polar surface area (TPSA) is 69.7 Å². The number of amides is 3. The van der Waals surface area contributed by atoms with E-state index in [-0.39, 0.29) is 29.7 Å². The number of piperidine rings is 2. The maximum Gasteiger partial charge on any atom is 0.255 e. The van der Waals surface area contributed by atoms with E-state index >= 15 is 0 Å². The highest BCUT2D eigenvalue weighted by Gasteiger charge is 2.39. The molecule has 0 unspecified atom stereocenters. The predicted octanol–water partition coefficient (Wildman–Crippen LogP) is 2.43. The molecule has 3 aliphatic heterocycles. The van der Waals surface area contributed by atoms with Crippen LogP contribution >= 0.6 is 0 Å². The maximum absolute atomic E-state index is 12.8. The van der Waals surface area contributed by atoms with Crippen LogP contribution in [0.5, 0.6) is 0 Å². The molecule has 0 aliphatic carbocycles. The molecule has 4 rings (SSSR count). The van der Waals surface area contributed by atoms with Crippen molar-refractivity contribution >= 4 is 17.7 Å². The Kier molecular flexibility index (Phi) is 4.78. The number of fused-ring (bicyclic) bond motifs is 1. The quantitative estimate of drug-likeness (QED) is 0.797. The van der Waals surface area contributed by atoms with Crippen LogP contribution in [0.1, 0.15) is 73.9 Å². The lowest BCUT2D eigenvalue weighted by molar-refractivity contribution is -0.136. The molecule has 3 aliphatic rings. The molecule has 0 radical (unpaired) electrons. The van der Waals surface area contributed by atoms with E-state index in [0.717, 1.165) is 31.5 Å². The summed E-state index contributed by atoms with van der Waals surface area (Å²) in [5, 5.41) is 2.36. The number of nitrogens with zero attached hydrogens (tertiary/aromatic N) is 2. The van der Waals surface area contributed by atoms with Crippen LogP contribution in [0.3, 0.4) is 0 Å². The Labute approximate surface area is 166 Å². The average Bonchev–Trinajstić information content (AvgIpc) is 2.97. The third-order valence-electron chi connectivity index (χ3n) is 6.46. The van der Waals surface area contributed by atoms with E-state index in [4.69, 9.17) is 0 Å². The number of hydrogen-bond donors (Lipinski definition) is 1. The number of benzene rings is 1. The average molecular weight is 383 g/mol. The van der Waals surface area contributed by atoms with Crippen molar-refractivity contribution in [2.24, 2.45) is 0 Å². The molecule has 6 heteroatoms. The normalized spacial score (nSPS) is 24.5. The molecule has 1 N–H and O–H groups in total. The summed E-state index contributed by atoms with van der Waals surface area (Å²) in [7, 11) is 0. The molecule has 3 heterocycles. The summed E-state index contributed by atoms with van der Waals surface area (Å²) in [5.41, 5.74) is 3.20. The van der Waals surface area contributed by atoms with Crippen LogP contribution in [0.25, 0.3) is 0 Å². The summed E-state index contributed by atoms with van der Waals surface area (Å²) < 4.78 is 0. The van der Waals surface area contributed by atoms with Gasteiger partial charge in [-0.05, 0) is 76.2 Å². The van der Waals surface area contributed by atoms with Crippen molar-refractivity contribution in [2.45, 2.75) is 70.5 Å². The standard InChI is InChI=1S/C22H29N3O3/c1-22(2,3)24-10-8-14(9-11-24)15-4-5-17-16(12-15)13-25(21(17)28)18-6-7-19(26)23-20(18)27/h4-5,12,14,18H,6-11,13H2,1-3H3,(H,23,26,27)/t18-/m1/s1. The summed E-state index contributed by atoms with van der Waals surface area (Å²) >= 11 is 0. The number of imide groups is 1. The number of carbonyl (C=O) groups is 3. The van der Waals surface area contributed by atoms with Crippen molar-refractivity contribution in [3.8, 4) is 0 Å². The zero-order chi connectivity index (χ0) is 20.1. The second-order valence-corrected chi connectivity index (χ2v) is 9.25. The Bertz CT molecular complexity index is 819. The van der Waals surface area contributed by atoms with Crippen LogP contribution < -0.4 is 5.32 Å². The molecular formula is C22H29N3O3. The maximum atomic E-state index is 12.8. The number of nitrogens with one attached hydrogen (secondary N) is 1. The third-order valence-corrected chi connectivity index (χ3v) is 6.46. The zero-order valence-corrected chi connectivity index (χ0v) is 17.0. The smallest absolute Gasteiger partial charge is 0.255 e. The van der Waals surface area contributed by atoms with Crippen molar-refractivity contribution in [3.05, 3.63) is 34.9 Å². The SMILES string of the molecule is CC(C)(C)N1CCC(c2ccc3c(c2)CN([C@@H]2CCC(=O)NC2=O)C3=O)CC1. The van der Waals surface area contributed by atoms with E-state index in [1.807, 2.05) is 6.07 Å². The molecule has 2 saturated heterocycles. The molecule has 3 amide bonds. The summed E-state index contributed by atoms with van der Waals surface area (Å²) in [5.74, 6) is -0.191. The fourth-order valence-electron chi connectivity index (χ4n) is 4.73. The van der Waals surface area contributed by atoms with Crippen LogP contribution in [0.4, 0.5) is 0 Å². The number of hydrogen-bond acceptors (Lipinski definition) is 4. The van der Waals surface area contributed by atoms with Crippen LogP contribution in [0.15, 0.2) is 18.2 Å². The highest BCUT2D eigenvalue weighted by Crippen LogP contribution is 2.34. The molecule has 6 nitrogen and oxygen atoms in total. The third kappa shape index (κ3) is 3.46. The lowest BCUT2D eigenvalue weighted by Crippen LogP contribution is -2.52. The first kappa shape index (κ1) is 19.1. The van der Waals surface area contributed by atoms with E-state index in [2.05, 4.69) is 43.1 Å². The lowest BCUT2D eigenvalue weighted by atomic mass is 9.86. The fraction of sp³-hybridized carbons (Fsp3) is 0.591. The van der Waals surface area contributed by atoms with Crippen LogP contribution in [-0.2, 0) is 16.1 Å². The van der Waals surface area contributed by atoms with Crippen LogP contribution in [-0.4, -0.2) is 52.2 Å². The summed E-state index contributed by atoms with van der Waals surface area (Å²) in [6, 6.07) is 5.63. The summed E-state index contributed by atoms with van der Waals surface area (Å²) in [6.45, 7) is 9.42. The molecule has 1 aromatic carbocycles. The van der Waals surface area contributed by atoms with Gasteiger partial charge in [0.25, 0.3) is 5.91 Å². The van der Waals surface area contributed by atoms with Gasteiger partial charge in [0, 0.05) is 24.1 Å². The number of likely N-dealkylation sites (tertiary alicyclic amines) is 1. The van der Waals surface area contributed by atoms with Gasteiger partial charge in [0.1, 0.15) is 6.04 Å². The molecule has 28 heavy (non-hydrogen) atoms. The molecule has 0 aromatic heterocycles. The summed E-state index contributed by atoms with van der Waals surface area (Å²) in [4.78, 5) is 40.6. The molecular weight excluding hydrogens is 354 g/mol. The van der Waals surface area contributed by atoms with E-state index < -0.39 is 6.04 Å². The molecule has 0 spiro atoms. The molecule has 1 aromatic rings. The second kappa shape index (κ2) is 6.99. The minimum Gasteiger partial charge on any atom is -0.322 e. The Morgan fingerprint density at radius 3 is 2.39 bits per heavy atom. The highest BCUT2D eigenvalue weighted by molar-refractivity contribution is 6.05. The predicted molar refractivity (Wildman–Crippen MR) is 106 cm³/mol. The largest absolute Gasteiger partial charge is 0.322 e. The van der Waals surface area contributed by atoms with E-state index in [1.165, 1.54) is 5.56 Å². The first-order valence-corrected chi connectivity index (χ1v) is 10.3. The van der Waals surface area contributed by atoms with Gasteiger partial charge in [0.2, 0.25) is 11.8 Å². The Morgan fingerprint density at radius 1 is 1.04 bits per heavy atom. The zero-order valence-electron chi connectivity index (χ0n) is 17.0. The minimum atomic E-state index is -0.545. The van der Waals surface area contributed by atoms with Crippen LogP contribution in [0.2, 0.25) is 0 Å². The van der Waals surface area contributed by atoms with Crippen molar-refractivity contribution < 1.29 is 14.4 Å². The van der Waals surface area contributed by atoms with Gasteiger partial charge in [-0.15, -0.1) is 0 Å². The Hall–Kier alpha value is -2.21. The lowest BCUT2D eigenvalue weighted by Gasteiger charge is -2.41. The van der Waals surface area contributed by atoms with Crippen molar-refractivity contribution in [2.75, 3.05) is 13.1 Å². The summed E-state index contributed by atoms with van der Waals surface area (Å²) in [6.07, 6.45) is 2.94. The number of rotatable bonds is 2. The molecule has 0 bridgehead atoms. The van der Waals surface area contributed by atoms with Crippen molar-refractivity contribution in [3.63, 3.8) is 0 Å². The number of carbonyl (C=O) groups excluding carboxylic acids is 3. The van der Waals surface area contributed by atoms with Gasteiger partial charge in [-0.3, -0.25) is 24.6 Å². The molecule has 1 atom stereocenters. The van der Waals surface area contributed by atoms with Crippen molar-refractivity contribution in [1.82, 2.24) is 15.1 Å². The van der Waals surface area contributed by atoms with Gasteiger partial charge in [-0.2, -0.15) is 0 Å². The van der Waals surface area contributed by atoms with Gasteiger partial charge >= 0.3 is 0 Å². The molecule has 150 valence electrons. The molecule has 0 saturated carbocycles. The van der Waals surface area contributed by atoms with Gasteiger partial charge in [-0.25, -0.2) is 0 Å². The first-order valence-electron chi connectivity index (χ1n) is 10.3. The molecule has 2 fully saturated rings. The fourth-order valence-corrected chi connectivity index (χ4v) is 4.73. The van der Waals surface area contributed by atoms with E-state index in [9.17, 15) is 14.4 Å².